The molecule has 2 amide bonds. The molecule has 0 saturated heterocycles. The van der Waals surface area contributed by atoms with Crippen LogP contribution in [0, 0.1) is 5.82 Å². The quantitative estimate of drug-likeness (QED) is 0.380. The Kier molecular flexibility index (Phi) is 5.86. The van der Waals surface area contributed by atoms with Crippen LogP contribution in [-0.2, 0) is 4.79 Å². The summed E-state index contributed by atoms with van der Waals surface area (Å²) in [6.45, 7) is -0.159. The predicted octanol–water partition coefficient (Wildman–Crippen LogP) is 6.33. The fourth-order valence-electron chi connectivity index (χ4n) is 4.27. The van der Waals surface area contributed by atoms with Crippen LogP contribution < -0.4 is 5.32 Å². The van der Waals surface area contributed by atoms with E-state index in [1.807, 2.05) is 42.5 Å². The van der Waals surface area contributed by atoms with Gasteiger partial charge in [0.15, 0.2) is 0 Å². The molecule has 4 aromatic carbocycles. The Bertz CT molecular complexity index is 1360. The van der Waals surface area contributed by atoms with E-state index in [1.54, 1.807) is 42.5 Å². The molecule has 4 nitrogen and oxygen atoms in total. The molecule has 34 heavy (non-hydrogen) atoms. The minimum Gasteiger partial charge on any atom is -0.324 e. The van der Waals surface area contributed by atoms with Gasteiger partial charge in [-0.05, 0) is 59.2 Å². The molecule has 0 aliphatic carbocycles. The largest absolute Gasteiger partial charge is 0.324 e. The molecule has 168 valence electrons. The number of carbonyl (C=O) groups is 2. The maximum atomic E-state index is 13.7. The minimum atomic E-state index is -0.630. The average Bonchev–Trinajstić information content (AvgIpc) is 3.00. The average molecular weight is 471 g/mol. The van der Waals surface area contributed by atoms with Crippen molar-refractivity contribution in [1.29, 1.82) is 0 Å². The first kappa shape index (κ1) is 21.9. The van der Waals surface area contributed by atoms with Gasteiger partial charge in [-0.3, -0.25) is 9.59 Å². The molecule has 0 aromatic heterocycles. The lowest BCUT2D eigenvalue weighted by Gasteiger charge is -2.31. The van der Waals surface area contributed by atoms with Gasteiger partial charge >= 0.3 is 0 Å². The number of benzene rings is 4. The number of anilines is 1. The molecule has 6 heteroatoms. The van der Waals surface area contributed by atoms with E-state index in [9.17, 15) is 14.0 Å². The molecule has 0 fully saturated rings. The number of carbonyl (C=O) groups excluding carboxylic acids is 2. The molecule has 0 bridgehead atoms. The van der Waals surface area contributed by atoms with Crippen LogP contribution in [0.3, 0.4) is 0 Å². The summed E-state index contributed by atoms with van der Waals surface area (Å²) in [4.78, 5) is 28.0. The third-order valence-corrected chi connectivity index (χ3v) is 6.13. The maximum Gasteiger partial charge on any atom is 0.255 e. The molecule has 1 N–H and O–H groups in total. The third kappa shape index (κ3) is 4.30. The fraction of sp³-hybridized carbons (Fsp3) is 0.0714. The number of fused-ring (bicyclic) bond motifs is 1. The van der Waals surface area contributed by atoms with Gasteiger partial charge in [0.1, 0.15) is 12.4 Å². The zero-order valence-electron chi connectivity index (χ0n) is 18.0. The summed E-state index contributed by atoms with van der Waals surface area (Å²) in [5.74, 6) is -1.01. The number of nitrogens with one attached hydrogen (secondary N) is 1. The first-order chi connectivity index (χ1) is 16.5. The summed E-state index contributed by atoms with van der Waals surface area (Å²) in [6.07, 6.45) is 0. The third-order valence-electron chi connectivity index (χ3n) is 5.89. The fourth-order valence-corrected chi connectivity index (χ4v) is 4.45. The van der Waals surface area contributed by atoms with Gasteiger partial charge in [-0.1, -0.05) is 66.2 Å². The van der Waals surface area contributed by atoms with Crippen LogP contribution in [-0.4, -0.2) is 23.3 Å². The molecule has 1 aliphatic heterocycles. The summed E-state index contributed by atoms with van der Waals surface area (Å²) < 4.78 is 13.7. The Hall–Kier alpha value is -3.96. The van der Waals surface area contributed by atoms with Crippen molar-refractivity contribution in [2.24, 2.45) is 0 Å². The highest BCUT2D eigenvalue weighted by molar-refractivity contribution is 6.30. The molecule has 1 heterocycles. The Balaban J connectivity index is 1.58. The normalized spacial score (nSPS) is 15.3. The van der Waals surface area contributed by atoms with Gasteiger partial charge in [0, 0.05) is 21.8 Å². The molecular weight excluding hydrogens is 451 g/mol. The van der Waals surface area contributed by atoms with Crippen LogP contribution in [0.2, 0.25) is 5.02 Å². The first-order valence-corrected chi connectivity index (χ1v) is 11.2. The second kappa shape index (κ2) is 9.12. The number of halogens is 2. The molecule has 0 radical (unpaired) electrons. The predicted molar refractivity (Wildman–Crippen MR) is 131 cm³/mol. The van der Waals surface area contributed by atoms with Crippen LogP contribution >= 0.6 is 11.6 Å². The van der Waals surface area contributed by atoms with Crippen molar-refractivity contribution in [3.63, 3.8) is 0 Å². The van der Waals surface area contributed by atoms with Crippen molar-refractivity contribution in [3.05, 3.63) is 125 Å². The van der Waals surface area contributed by atoms with Gasteiger partial charge in [0.05, 0.1) is 6.04 Å². The van der Waals surface area contributed by atoms with Gasteiger partial charge < -0.3 is 10.2 Å². The van der Waals surface area contributed by atoms with Gasteiger partial charge in [0.2, 0.25) is 5.91 Å². The highest BCUT2D eigenvalue weighted by Gasteiger charge is 2.34. The monoisotopic (exact) mass is 470 g/mol. The van der Waals surface area contributed by atoms with E-state index < -0.39 is 6.04 Å². The summed E-state index contributed by atoms with van der Waals surface area (Å²) in [6, 6.07) is 27.6. The van der Waals surface area contributed by atoms with E-state index in [-0.39, 0.29) is 24.2 Å². The van der Waals surface area contributed by atoms with Gasteiger partial charge in [-0.2, -0.15) is 0 Å². The topological polar surface area (TPSA) is 49.4 Å². The van der Waals surface area contributed by atoms with Crippen LogP contribution in [0.1, 0.15) is 27.5 Å². The molecule has 0 unspecified atom stereocenters. The van der Waals surface area contributed by atoms with Crippen LogP contribution in [0.5, 0.6) is 0 Å². The summed E-state index contributed by atoms with van der Waals surface area (Å²) >= 11 is 6.29. The van der Waals surface area contributed by atoms with Crippen LogP contribution in [0.15, 0.2) is 97.1 Å². The highest BCUT2D eigenvalue weighted by atomic mass is 35.5. The van der Waals surface area contributed by atoms with Crippen molar-refractivity contribution < 1.29 is 14.0 Å². The summed E-state index contributed by atoms with van der Waals surface area (Å²) in [5, 5.41) is 3.34. The van der Waals surface area contributed by atoms with Crippen molar-refractivity contribution in [2.75, 3.05) is 11.9 Å². The first-order valence-electron chi connectivity index (χ1n) is 10.8. The summed E-state index contributed by atoms with van der Waals surface area (Å²) in [7, 11) is 0. The second-order valence-electron chi connectivity index (χ2n) is 8.11. The van der Waals surface area contributed by atoms with Crippen molar-refractivity contribution >= 4 is 29.1 Å². The molecule has 0 spiro atoms. The van der Waals surface area contributed by atoms with Gasteiger partial charge in [-0.25, -0.2) is 4.39 Å². The van der Waals surface area contributed by atoms with E-state index in [0.29, 0.717) is 27.4 Å². The second-order valence-corrected chi connectivity index (χ2v) is 8.55. The molecule has 4 aromatic rings. The van der Waals surface area contributed by atoms with Crippen LogP contribution in [0.4, 0.5) is 10.1 Å². The number of hydrogen-bond donors (Lipinski definition) is 1. The van der Waals surface area contributed by atoms with Gasteiger partial charge in [-0.15, -0.1) is 0 Å². The molecule has 1 aliphatic rings. The Morgan fingerprint density at radius 2 is 1.56 bits per heavy atom. The molecule has 0 saturated carbocycles. The van der Waals surface area contributed by atoms with Crippen molar-refractivity contribution in [2.45, 2.75) is 6.04 Å². The standard InChI is InChI=1S/C28H20ClFN2O2/c29-22-12-15-25-24(16-22)27(20-10-13-23(30)14-11-20)32(17-26(33)31-25)28(34)21-8-6-19(7-9-21)18-4-2-1-3-5-18/h1-16,27H,17H2,(H,31,33)/t27-/m0/s1. The SMILES string of the molecule is O=C1CN(C(=O)c2ccc(-c3ccccc3)cc2)[C@@H](c2ccc(F)cc2)c2cc(Cl)ccc2N1. The molecule has 1 atom stereocenters. The smallest absolute Gasteiger partial charge is 0.255 e. The minimum absolute atomic E-state index is 0.159. The van der Waals surface area contributed by atoms with Gasteiger partial charge in [0.25, 0.3) is 5.91 Å². The van der Waals surface area contributed by atoms with E-state index >= 15 is 0 Å². The van der Waals surface area contributed by atoms with E-state index in [2.05, 4.69) is 5.32 Å². The molecular formula is C28H20ClFN2O2. The van der Waals surface area contributed by atoms with Crippen molar-refractivity contribution in [3.8, 4) is 11.1 Å². The maximum absolute atomic E-state index is 13.7. The highest BCUT2D eigenvalue weighted by Crippen LogP contribution is 2.38. The zero-order valence-corrected chi connectivity index (χ0v) is 18.8. The number of amides is 2. The Labute approximate surface area is 201 Å². The zero-order chi connectivity index (χ0) is 23.7. The lowest BCUT2D eigenvalue weighted by Crippen LogP contribution is -2.39. The summed E-state index contributed by atoms with van der Waals surface area (Å²) in [5.41, 5.74) is 4.39. The Morgan fingerprint density at radius 1 is 0.882 bits per heavy atom. The Morgan fingerprint density at radius 3 is 2.26 bits per heavy atom. The van der Waals surface area contributed by atoms with E-state index in [0.717, 1.165) is 11.1 Å². The van der Waals surface area contributed by atoms with Crippen LogP contribution in [0.25, 0.3) is 11.1 Å². The lowest BCUT2D eigenvalue weighted by molar-refractivity contribution is -0.117. The van der Waals surface area contributed by atoms with Crippen molar-refractivity contribution in [1.82, 2.24) is 4.90 Å². The number of hydrogen-bond acceptors (Lipinski definition) is 2. The van der Waals surface area contributed by atoms with E-state index in [4.69, 9.17) is 11.6 Å². The molecule has 5 rings (SSSR count). The lowest BCUT2D eigenvalue weighted by atomic mass is 9.95. The van der Waals surface area contributed by atoms with E-state index in [1.165, 1.54) is 17.0 Å². The number of rotatable bonds is 3. The number of nitrogens with zero attached hydrogens (tertiary/aromatic N) is 1.